The van der Waals surface area contributed by atoms with Crippen molar-refractivity contribution >= 4 is 41.0 Å². The lowest BCUT2D eigenvalue weighted by molar-refractivity contribution is -0.117. The lowest BCUT2D eigenvalue weighted by atomic mass is 9.99. The highest BCUT2D eigenvalue weighted by Crippen LogP contribution is 2.28. The highest BCUT2D eigenvalue weighted by molar-refractivity contribution is 6.37. The van der Waals surface area contributed by atoms with Crippen molar-refractivity contribution in [1.82, 2.24) is 15.1 Å². The SMILES string of the molecule is C=CCNC(=O)/C(=C\c1cn(-c2ccccc2)nc1-c1ccc(F)cc1)CC(=O)c1ccc(Cl)cc1Cl. The van der Waals surface area contributed by atoms with Crippen LogP contribution in [0.2, 0.25) is 10.0 Å². The molecule has 0 atom stereocenters. The van der Waals surface area contributed by atoms with Crippen LogP contribution in [-0.4, -0.2) is 28.0 Å². The Bertz CT molecular complexity index is 1480. The van der Waals surface area contributed by atoms with Gasteiger partial charge < -0.3 is 5.32 Å². The summed E-state index contributed by atoms with van der Waals surface area (Å²) in [7, 11) is 0. The average molecular weight is 534 g/mol. The van der Waals surface area contributed by atoms with Gasteiger partial charge in [-0.15, -0.1) is 6.58 Å². The number of benzene rings is 3. The number of amides is 1. The topological polar surface area (TPSA) is 64.0 Å². The molecule has 4 rings (SSSR count). The first-order chi connectivity index (χ1) is 17.9. The predicted molar refractivity (Wildman–Crippen MR) is 146 cm³/mol. The quantitative estimate of drug-likeness (QED) is 0.144. The van der Waals surface area contributed by atoms with E-state index in [1.54, 1.807) is 41.2 Å². The highest BCUT2D eigenvalue weighted by atomic mass is 35.5. The summed E-state index contributed by atoms with van der Waals surface area (Å²) < 4.78 is 15.3. The molecule has 0 radical (unpaired) electrons. The molecule has 0 aliphatic rings. The van der Waals surface area contributed by atoms with Crippen molar-refractivity contribution in [2.75, 3.05) is 6.54 Å². The molecular weight excluding hydrogens is 512 g/mol. The Morgan fingerprint density at radius 3 is 2.43 bits per heavy atom. The lowest BCUT2D eigenvalue weighted by Crippen LogP contribution is -2.26. The molecule has 0 saturated heterocycles. The molecule has 0 fully saturated rings. The normalized spacial score (nSPS) is 11.3. The van der Waals surface area contributed by atoms with Gasteiger partial charge in [-0.05, 0) is 60.7 Å². The fourth-order valence-electron chi connectivity index (χ4n) is 3.68. The summed E-state index contributed by atoms with van der Waals surface area (Å²) in [5.41, 5.74) is 3.01. The molecule has 1 amide bonds. The van der Waals surface area contributed by atoms with Gasteiger partial charge in [0.2, 0.25) is 5.91 Å². The number of ketones is 1. The van der Waals surface area contributed by atoms with E-state index in [0.29, 0.717) is 21.8 Å². The summed E-state index contributed by atoms with van der Waals surface area (Å²) >= 11 is 12.2. The number of nitrogens with one attached hydrogen (secondary N) is 1. The second-order valence-corrected chi connectivity index (χ2v) is 8.96. The summed E-state index contributed by atoms with van der Waals surface area (Å²) in [6.45, 7) is 3.85. The molecule has 0 spiro atoms. The summed E-state index contributed by atoms with van der Waals surface area (Å²) in [6, 6.07) is 19.9. The second kappa shape index (κ2) is 11.8. The van der Waals surface area contributed by atoms with E-state index < -0.39 is 5.91 Å². The predicted octanol–water partition coefficient (Wildman–Crippen LogP) is 6.94. The molecule has 186 valence electrons. The maximum atomic E-state index is 13.6. The third-order valence-corrected chi connectivity index (χ3v) is 6.04. The van der Waals surface area contributed by atoms with E-state index in [4.69, 9.17) is 28.3 Å². The molecule has 0 aliphatic carbocycles. The zero-order chi connectivity index (χ0) is 26.4. The minimum Gasteiger partial charge on any atom is -0.349 e. The van der Waals surface area contributed by atoms with Crippen LogP contribution in [-0.2, 0) is 4.79 Å². The van der Waals surface area contributed by atoms with Gasteiger partial charge in [-0.3, -0.25) is 9.59 Å². The number of halogens is 3. The molecule has 1 N–H and O–H groups in total. The standard InChI is InChI=1S/C29H22Cl2FN3O2/c1-2-14-33-29(37)20(16-27(36)25-13-10-22(30)17-26(25)31)15-21-18-35(24-6-4-3-5-7-24)34-28(21)19-8-11-23(32)12-9-19/h2-13,15,17-18H,1,14,16H2,(H,33,37)/b20-15-. The van der Waals surface area contributed by atoms with E-state index in [2.05, 4.69) is 11.9 Å². The van der Waals surface area contributed by atoms with Crippen LogP contribution in [0.25, 0.3) is 23.0 Å². The van der Waals surface area contributed by atoms with Gasteiger partial charge in [-0.2, -0.15) is 5.10 Å². The van der Waals surface area contributed by atoms with Crippen LogP contribution in [0, 0.1) is 5.82 Å². The smallest absolute Gasteiger partial charge is 0.247 e. The van der Waals surface area contributed by atoms with Gasteiger partial charge in [0.15, 0.2) is 5.78 Å². The molecule has 4 aromatic rings. The van der Waals surface area contributed by atoms with Gasteiger partial charge in [-0.25, -0.2) is 9.07 Å². The summed E-state index contributed by atoms with van der Waals surface area (Å²) in [5.74, 6) is -1.16. The van der Waals surface area contributed by atoms with Crippen molar-refractivity contribution in [3.8, 4) is 16.9 Å². The van der Waals surface area contributed by atoms with Crippen LogP contribution in [0.1, 0.15) is 22.3 Å². The molecular formula is C29H22Cl2FN3O2. The number of carbonyl (C=O) groups is 2. The number of nitrogens with zero attached hydrogens (tertiary/aromatic N) is 2. The lowest BCUT2D eigenvalue weighted by Gasteiger charge is -2.09. The van der Waals surface area contributed by atoms with E-state index in [1.165, 1.54) is 24.3 Å². The Labute approximate surface area is 223 Å². The Kier molecular flexibility index (Phi) is 8.33. The fourth-order valence-corrected chi connectivity index (χ4v) is 4.20. The van der Waals surface area contributed by atoms with Crippen LogP contribution < -0.4 is 5.32 Å². The van der Waals surface area contributed by atoms with Gasteiger partial charge in [-0.1, -0.05) is 47.5 Å². The van der Waals surface area contributed by atoms with Crippen molar-refractivity contribution in [3.05, 3.63) is 124 Å². The van der Waals surface area contributed by atoms with Crippen LogP contribution in [0.3, 0.4) is 0 Å². The number of para-hydroxylation sites is 1. The zero-order valence-electron chi connectivity index (χ0n) is 19.6. The molecule has 0 unspecified atom stereocenters. The van der Waals surface area contributed by atoms with Gasteiger partial charge in [0.05, 0.1) is 16.4 Å². The van der Waals surface area contributed by atoms with E-state index in [9.17, 15) is 14.0 Å². The number of hydrogen-bond donors (Lipinski definition) is 1. The second-order valence-electron chi connectivity index (χ2n) is 8.11. The Hall–Kier alpha value is -4.00. The van der Waals surface area contributed by atoms with Crippen LogP contribution >= 0.6 is 23.2 Å². The molecule has 8 heteroatoms. The summed E-state index contributed by atoms with van der Waals surface area (Å²) in [4.78, 5) is 26.2. The minimum atomic E-state index is -0.434. The van der Waals surface area contributed by atoms with Crippen LogP contribution in [0.15, 0.2) is 97.2 Å². The molecule has 0 saturated carbocycles. The minimum absolute atomic E-state index is 0.201. The van der Waals surface area contributed by atoms with Crippen molar-refractivity contribution in [3.63, 3.8) is 0 Å². The van der Waals surface area contributed by atoms with Crippen molar-refractivity contribution in [2.45, 2.75) is 6.42 Å². The number of Topliss-reactive ketones (excluding diaryl/α,β-unsaturated/α-hetero) is 1. The molecule has 5 nitrogen and oxygen atoms in total. The fraction of sp³-hybridized carbons (Fsp3) is 0.0690. The van der Waals surface area contributed by atoms with Crippen LogP contribution in [0.4, 0.5) is 4.39 Å². The van der Waals surface area contributed by atoms with Gasteiger partial charge in [0.25, 0.3) is 0 Å². The molecule has 0 aliphatic heterocycles. The Balaban J connectivity index is 1.80. The molecule has 0 bridgehead atoms. The summed E-state index contributed by atoms with van der Waals surface area (Å²) in [5, 5.41) is 8.03. The van der Waals surface area contributed by atoms with Crippen molar-refractivity contribution < 1.29 is 14.0 Å². The van der Waals surface area contributed by atoms with E-state index in [1.807, 2.05) is 30.3 Å². The molecule has 37 heavy (non-hydrogen) atoms. The van der Waals surface area contributed by atoms with Crippen LogP contribution in [0.5, 0.6) is 0 Å². The highest BCUT2D eigenvalue weighted by Gasteiger charge is 2.20. The summed E-state index contributed by atoms with van der Waals surface area (Å²) in [6.07, 6.45) is 4.70. The number of rotatable bonds is 9. The Morgan fingerprint density at radius 2 is 1.76 bits per heavy atom. The van der Waals surface area contributed by atoms with Crippen molar-refractivity contribution in [1.29, 1.82) is 0 Å². The number of aromatic nitrogens is 2. The van der Waals surface area contributed by atoms with Crippen molar-refractivity contribution in [2.24, 2.45) is 0 Å². The first kappa shape index (κ1) is 26.1. The van der Waals surface area contributed by atoms with Gasteiger partial charge in [0.1, 0.15) is 5.82 Å². The maximum absolute atomic E-state index is 13.6. The van der Waals surface area contributed by atoms with E-state index in [-0.39, 0.29) is 40.7 Å². The average Bonchev–Trinajstić information content (AvgIpc) is 3.31. The zero-order valence-corrected chi connectivity index (χ0v) is 21.1. The third-order valence-electron chi connectivity index (χ3n) is 5.49. The molecule has 3 aromatic carbocycles. The van der Waals surface area contributed by atoms with E-state index >= 15 is 0 Å². The number of carbonyl (C=O) groups excluding carboxylic acids is 2. The first-order valence-electron chi connectivity index (χ1n) is 11.3. The monoisotopic (exact) mass is 533 g/mol. The Morgan fingerprint density at radius 1 is 1.03 bits per heavy atom. The maximum Gasteiger partial charge on any atom is 0.247 e. The number of hydrogen-bond acceptors (Lipinski definition) is 3. The van der Waals surface area contributed by atoms with E-state index in [0.717, 1.165) is 5.69 Å². The molecule has 1 heterocycles. The first-order valence-corrected chi connectivity index (χ1v) is 12.1. The third kappa shape index (κ3) is 6.42. The largest absolute Gasteiger partial charge is 0.349 e. The molecule has 1 aromatic heterocycles. The van der Waals surface area contributed by atoms with Gasteiger partial charge >= 0.3 is 0 Å². The van der Waals surface area contributed by atoms with Gasteiger partial charge in [0, 0.05) is 46.4 Å².